The van der Waals surface area contributed by atoms with Crippen LogP contribution >= 0.6 is 0 Å². The predicted molar refractivity (Wildman–Crippen MR) is 64.8 cm³/mol. The van der Waals surface area contributed by atoms with E-state index in [1.54, 1.807) is 6.07 Å². The molecule has 0 aromatic heterocycles. The standard InChI is InChI=1S/C12H17NO5/c1-16-10-5-4-8(6-9(10)14)12(15)13-7-11(17-2)18-3/h4-6,11,14H,7H2,1-3H3,(H,13,15). The van der Waals surface area contributed by atoms with Gasteiger partial charge in [0.25, 0.3) is 5.91 Å². The number of benzene rings is 1. The van der Waals surface area contributed by atoms with Crippen molar-refractivity contribution in [2.75, 3.05) is 27.9 Å². The van der Waals surface area contributed by atoms with Gasteiger partial charge in [0.05, 0.1) is 13.7 Å². The fourth-order valence-electron chi connectivity index (χ4n) is 1.37. The van der Waals surface area contributed by atoms with Crippen molar-refractivity contribution >= 4 is 5.91 Å². The third-order valence-corrected chi connectivity index (χ3v) is 2.40. The first-order valence-electron chi connectivity index (χ1n) is 5.33. The van der Waals surface area contributed by atoms with E-state index in [-0.39, 0.29) is 18.2 Å². The Bertz CT molecular complexity index is 403. The largest absolute Gasteiger partial charge is 0.504 e. The van der Waals surface area contributed by atoms with E-state index in [2.05, 4.69) is 5.32 Å². The number of phenols is 1. The fraction of sp³-hybridized carbons (Fsp3) is 0.417. The van der Waals surface area contributed by atoms with Crippen molar-refractivity contribution in [1.82, 2.24) is 5.32 Å². The van der Waals surface area contributed by atoms with Crippen LogP contribution in [0, 0.1) is 0 Å². The summed E-state index contributed by atoms with van der Waals surface area (Å²) in [5.74, 6) is -0.0922. The van der Waals surface area contributed by atoms with Crippen molar-refractivity contribution in [2.24, 2.45) is 0 Å². The number of hydrogen-bond donors (Lipinski definition) is 2. The van der Waals surface area contributed by atoms with Gasteiger partial charge in [0.2, 0.25) is 0 Å². The van der Waals surface area contributed by atoms with Crippen LogP contribution in [0.5, 0.6) is 11.5 Å². The number of carbonyl (C=O) groups is 1. The van der Waals surface area contributed by atoms with Crippen molar-refractivity contribution in [3.05, 3.63) is 23.8 Å². The van der Waals surface area contributed by atoms with E-state index in [4.69, 9.17) is 14.2 Å². The Kier molecular flexibility index (Phi) is 5.41. The first kappa shape index (κ1) is 14.3. The Morgan fingerprint density at radius 2 is 2.00 bits per heavy atom. The van der Waals surface area contributed by atoms with Gasteiger partial charge in [-0.3, -0.25) is 4.79 Å². The summed E-state index contributed by atoms with van der Waals surface area (Å²) in [4.78, 5) is 11.8. The summed E-state index contributed by atoms with van der Waals surface area (Å²) >= 11 is 0. The zero-order valence-electron chi connectivity index (χ0n) is 10.6. The molecule has 6 heteroatoms. The van der Waals surface area contributed by atoms with Gasteiger partial charge in [0, 0.05) is 19.8 Å². The molecule has 0 radical (unpaired) electrons. The lowest BCUT2D eigenvalue weighted by Crippen LogP contribution is -2.34. The number of amides is 1. The number of rotatable bonds is 6. The maximum atomic E-state index is 11.8. The second kappa shape index (κ2) is 6.83. The Labute approximate surface area is 105 Å². The lowest BCUT2D eigenvalue weighted by atomic mass is 10.2. The Morgan fingerprint density at radius 1 is 1.33 bits per heavy atom. The number of aromatic hydroxyl groups is 1. The van der Waals surface area contributed by atoms with Crippen LogP contribution in [-0.2, 0) is 9.47 Å². The van der Waals surface area contributed by atoms with E-state index in [1.165, 1.54) is 33.5 Å². The highest BCUT2D eigenvalue weighted by atomic mass is 16.7. The van der Waals surface area contributed by atoms with Crippen LogP contribution in [0.4, 0.5) is 0 Å². The van der Waals surface area contributed by atoms with Gasteiger partial charge in [-0.15, -0.1) is 0 Å². The molecule has 0 atom stereocenters. The van der Waals surface area contributed by atoms with E-state index < -0.39 is 6.29 Å². The second-order valence-electron chi connectivity index (χ2n) is 3.50. The summed E-state index contributed by atoms with van der Waals surface area (Å²) in [7, 11) is 4.41. The molecule has 1 aromatic rings. The highest BCUT2D eigenvalue weighted by Gasteiger charge is 2.11. The van der Waals surface area contributed by atoms with Crippen LogP contribution < -0.4 is 10.1 Å². The van der Waals surface area contributed by atoms with Crippen molar-refractivity contribution in [3.8, 4) is 11.5 Å². The van der Waals surface area contributed by atoms with Crippen LogP contribution in [-0.4, -0.2) is 45.2 Å². The van der Waals surface area contributed by atoms with E-state index >= 15 is 0 Å². The zero-order valence-corrected chi connectivity index (χ0v) is 10.6. The average Bonchev–Trinajstić information content (AvgIpc) is 2.39. The minimum absolute atomic E-state index is 0.0832. The van der Waals surface area contributed by atoms with E-state index in [0.29, 0.717) is 11.3 Å². The van der Waals surface area contributed by atoms with Crippen LogP contribution in [0.25, 0.3) is 0 Å². The summed E-state index contributed by atoms with van der Waals surface area (Å²) in [6.07, 6.45) is -0.499. The summed E-state index contributed by atoms with van der Waals surface area (Å²) in [6.45, 7) is 0.221. The number of phenolic OH excluding ortho intramolecular Hbond substituents is 1. The molecule has 0 unspecified atom stereocenters. The molecule has 0 spiro atoms. The SMILES string of the molecule is COc1ccc(C(=O)NCC(OC)OC)cc1O. The molecule has 0 heterocycles. The molecule has 0 saturated heterocycles. The van der Waals surface area contributed by atoms with Crippen LogP contribution in [0.15, 0.2) is 18.2 Å². The van der Waals surface area contributed by atoms with Gasteiger partial charge in [-0.25, -0.2) is 0 Å². The van der Waals surface area contributed by atoms with Gasteiger partial charge in [-0.1, -0.05) is 0 Å². The number of nitrogens with one attached hydrogen (secondary N) is 1. The van der Waals surface area contributed by atoms with E-state index in [9.17, 15) is 9.90 Å². The molecule has 0 fully saturated rings. The van der Waals surface area contributed by atoms with Crippen molar-refractivity contribution in [2.45, 2.75) is 6.29 Å². The molecule has 2 N–H and O–H groups in total. The summed E-state index contributed by atoms with van der Waals surface area (Å²) in [6, 6.07) is 4.42. The first-order valence-corrected chi connectivity index (χ1v) is 5.33. The minimum atomic E-state index is -0.499. The normalized spacial score (nSPS) is 10.4. The van der Waals surface area contributed by atoms with Crippen molar-refractivity contribution < 1.29 is 24.1 Å². The Hall–Kier alpha value is -1.79. The van der Waals surface area contributed by atoms with Crippen molar-refractivity contribution in [3.63, 3.8) is 0 Å². The average molecular weight is 255 g/mol. The topological polar surface area (TPSA) is 77.0 Å². The molecule has 6 nitrogen and oxygen atoms in total. The molecule has 18 heavy (non-hydrogen) atoms. The highest BCUT2D eigenvalue weighted by molar-refractivity contribution is 5.94. The van der Waals surface area contributed by atoms with Crippen LogP contribution in [0.3, 0.4) is 0 Å². The van der Waals surface area contributed by atoms with Gasteiger partial charge in [0.1, 0.15) is 0 Å². The highest BCUT2D eigenvalue weighted by Crippen LogP contribution is 2.25. The van der Waals surface area contributed by atoms with Gasteiger partial charge >= 0.3 is 0 Å². The maximum Gasteiger partial charge on any atom is 0.251 e. The van der Waals surface area contributed by atoms with Gasteiger partial charge < -0.3 is 24.6 Å². The molecule has 1 rings (SSSR count). The number of ether oxygens (including phenoxy) is 3. The lowest BCUT2D eigenvalue weighted by Gasteiger charge is -2.14. The molecule has 0 bridgehead atoms. The smallest absolute Gasteiger partial charge is 0.251 e. The minimum Gasteiger partial charge on any atom is -0.504 e. The quantitative estimate of drug-likeness (QED) is 0.733. The molecule has 1 aromatic carbocycles. The lowest BCUT2D eigenvalue weighted by molar-refractivity contribution is -0.0974. The third kappa shape index (κ3) is 3.61. The zero-order chi connectivity index (χ0) is 13.5. The summed E-state index contributed by atoms with van der Waals surface area (Å²) in [5.41, 5.74) is 0.333. The maximum absolute atomic E-state index is 11.8. The number of carbonyl (C=O) groups excluding carboxylic acids is 1. The van der Waals surface area contributed by atoms with Crippen molar-refractivity contribution in [1.29, 1.82) is 0 Å². The molecular formula is C12H17NO5. The van der Waals surface area contributed by atoms with Crippen LogP contribution in [0.1, 0.15) is 10.4 Å². The van der Waals surface area contributed by atoms with E-state index in [1.807, 2.05) is 0 Å². The molecule has 0 aliphatic heterocycles. The van der Waals surface area contributed by atoms with Crippen LogP contribution in [0.2, 0.25) is 0 Å². The number of hydrogen-bond acceptors (Lipinski definition) is 5. The third-order valence-electron chi connectivity index (χ3n) is 2.40. The molecular weight excluding hydrogens is 238 g/mol. The monoisotopic (exact) mass is 255 g/mol. The van der Waals surface area contributed by atoms with Gasteiger partial charge in [-0.05, 0) is 18.2 Å². The first-order chi connectivity index (χ1) is 8.62. The fourth-order valence-corrected chi connectivity index (χ4v) is 1.37. The summed E-state index contributed by atoms with van der Waals surface area (Å²) in [5, 5.41) is 12.2. The molecule has 100 valence electrons. The van der Waals surface area contributed by atoms with Gasteiger partial charge in [0.15, 0.2) is 17.8 Å². The molecule has 0 saturated carbocycles. The molecule has 0 aliphatic rings. The second-order valence-corrected chi connectivity index (χ2v) is 3.50. The summed E-state index contributed by atoms with van der Waals surface area (Å²) < 4.78 is 14.8. The molecule has 0 aliphatic carbocycles. The molecule has 1 amide bonds. The Balaban J connectivity index is 2.64. The van der Waals surface area contributed by atoms with E-state index in [0.717, 1.165) is 0 Å². The predicted octanol–water partition coefficient (Wildman–Crippen LogP) is 0.749. The number of methoxy groups -OCH3 is 3. The van der Waals surface area contributed by atoms with Gasteiger partial charge in [-0.2, -0.15) is 0 Å². The Morgan fingerprint density at radius 3 is 2.50 bits per heavy atom.